The molecule has 0 amide bonds. The summed E-state index contributed by atoms with van der Waals surface area (Å²) in [7, 11) is 0. The van der Waals surface area contributed by atoms with Crippen molar-refractivity contribution in [2.75, 3.05) is 0 Å². The molecule has 5 rings (SSSR count). The topological polar surface area (TPSA) is 38.0 Å². The van der Waals surface area contributed by atoms with Gasteiger partial charge in [-0.2, -0.15) is 0 Å². The molecule has 0 saturated carbocycles. The minimum atomic E-state index is 0.251. The lowest BCUT2D eigenvalue weighted by atomic mass is 10.1. The van der Waals surface area contributed by atoms with Crippen LogP contribution in [0, 0.1) is 0 Å². The molecule has 2 heterocycles. The molecule has 0 radical (unpaired) electrons. The minimum Gasteiger partial charge on any atom is -0.508 e. The monoisotopic (exact) mass is 336 g/mol. The van der Waals surface area contributed by atoms with E-state index in [-0.39, 0.29) is 5.75 Å². The largest absolute Gasteiger partial charge is 0.508 e. The van der Waals surface area contributed by atoms with Gasteiger partial charge in [0.2, 0.25) is 0 Å². The molecule has 26 heavy (non-hydrogen) atoms. The molecule has 0 aliphatic carbocycles. The number of aromatic nitrogens is 2. The average molecular weight is 336 g/mol. The smallest absolute Gasteiger partial charge is 0.138 e. The number of rotatable bonds is 2. The van der Waals surface area contributed by atoms with Crippen molar-refractivity contribution in [1.82, 2.24) is 9.55 Å². The van der Waals surface area contributed by atoms with E-state index in [0.29, 0.717) is 0 Å². The summed E-state index contributed by atoms with van der Waals surface area (Å²) in [5, 5.41) is 12.3. The highest BCUT2D eigenvalue weighted by Gasteiger charge is 2.13. The van der Waals surface area contributed by atoms with Crippen molar-refractivity contribution >= 4 is 21.8 Å². The fourth-order valence-corrected chi connectivity index (χ4v) is 3.56. The number of pyridine rings is 1. The Labute approximate surface area is 150 Å². The second-order valence-corrected chi connectivity index (χ2v) is 6.32. The molecule has 0 spiro atoms. The fourth-order valence-electron chi connectivity index (χ4n) is 3.56. The third-order valence-corrected chi connectivity index (χ3v) is 4.74. The summed E-state index contributed by atoms with van der Waals surface area (Å²) >= 11 is 0. The van der Waals surface area contributed by atoms with Crippen LogP contribution in [-0.2, 0) is 0 Å². The maximum absolute atomic E-state index is 10.0. The number of aromatic hydroxyl groups is 1. The molecule has 0 aliphatic heterocycles. The van der Waals surface area contributed by atoms with Crippen LogP contribution in [0.2, 0.25) is 0 Å². The van der Waals surface area contributed by atoms with Gasteiger partial charge in [-0.05, 0) is 41.5 Å². The van der Waals surface area contributed by atoms with E-state index in [1.54, 1.807) is 12.1 Å². The fraction of sp³-hybridized carbons (Fsp3) is 0. The van der Waals surface area contributed by atoms with Crippen LogP contribution in [-0.4, -0.2) is 14.7 Å². The molecule has 3 nitrogen and oxygen atoms in total. The summed E-state index contributed by atoms with van der Waals surface area (Å²) in [6.45, 7) is 0. The molecule has 3 aromatic carbocycles. The normalized spacial score (nSPS) is 11.2. The molecular weight excluding hydrogens is 320 g/mol. The van der Waals surface area contributed by atoms with Gasteiger partial charge in [0.05, 0.1) is 11.0 Å². The first-order valence-electron chi connectivity index (χ1n) is 8.55. The van der Waals surface area contributed by atoms with E-state index in [1.165, 1.54) is 0 Å². The number of hydrogen-bond donors (Lipinski definition) is 1. The molecule has 0 bridgehead atoms. The van der Waals surface area contributed by atoms with E-state index in [0.717, 1.165) is 38.8 Å². The summed E-state index contributed by atoms with van der Waals surface area (Å²) < 4.78 is 2.11. The van der Waals surface area contributed by atoms with Crippen molar-refractivity contribution < 1.29 is 5.11 Å². The maximum Gasteiger partial charge on any atom is 0.138 e. The van der Waals surface area contributed by atoms with Crippen LogP contribution in [0.4, 0.5) is 0 Å². The highest BCUT2D eigenvalue weighted by molar-refractivity contribution is 6.09. The Morgan fingerprint density at radius 2 is 1.42 bits per heavy atom. The Morgan fingerprint density at radius 1 is 0.654 bits per heavy atom. The van der Waals surface area contributed by atoms with Gasteiger partial charge in [-0.3, -0.25) is 4.57 Å². The Hall–Kier alpha value is -3.59. The average Bonchev–Trinajstić information content (AvgIpc) is 3.02. The molecule has 0 atom stereocenters. The Balaban J connectivity index is 1.83. The summed E-state index contributed by atoms with van der Waals surface area (Å²) in [6.07, 6.45) is 1.83. The molecule has 0 fully saturated rings. The van der Waals surface area contributed by atoms with Crippen molar-refractivity contribution in [2.24, 2.45) is 0 Å². The number of hydrogen-bond acceptors (Lipinski definition) is 2. The summed E-state index contributed by atoms with van der Waals surface area (Å²) in [6, 6.07) is 28.1. The standard InChI is InChI=1S/C23H16N2O/c26-18-10-11-20-19-8-4-5-9-21(19)25(22(20)15-18)23-14-17(12-13-24-23)16-6-2-1-3-7-16/h1-15,26H. The zero-order chi connectivity index (χ0) is 17.5. The minimum absolute atomic E-state index is 0.251. The third-order valence-electron chi connectivity index (χ3n) is 4.74. The second kappa shape index (κ2) is 5.74. The summed E-state index contributed by atoms with van der Waals surface area (Å²) in [5.74, 6) is 1.09. The van der Waals surface area contributed by atoms with Gasteiger partial charge >= 0.3 is 0 Å². The van der Waals surface area contributed by atoms with Gasteiger partial charge in [0, 0.05) is 23.0 Å². The first kappa shape index (κ1) is 14.7. The highest BCUT2D eigenvalue weighted by atomic mass is 16.3. The van der Waals surface area contributed by atoms with Crippen molar-refractivity contribution in [3.63, 3.8) is 0 Å². The zero-order valence-electron chi connectivity index (χ0n) is 14.0. The molecule has 0 aliphatic rings. The molecule has 2 aromatic heterocycles. The van der Waals surface area contributed by atoms with Crippen LogP contribution in [0.5, 0.6) is 5.75 Å². The lowest BCUT2D eigenvalue weighted by Crippen LogP contribution is -1.97. The number of nitrogens with zero attached hydrogens (tertiary/aromatic N) is 2. The maximum atomic E-state index is 10.0. The van der Waals surface area contributed by atoms with Gasteiger partial charge in [0.1, 0.15) is 11.6 Å². The van der Waals surface area contributed by atoms with E-state index in [4.69, 9.17) is 0 Å². The van der Waals surface area contributed by atoms with Crippen LogP contribution in [0.15, 0.2) is 91.1 Å². The van der Waals surface area contributed by atoms with Gasteiger partial charge in [-0.15, -0.1) is 0 Å². The van der Waals surface area contributed by atoms with Crippen LogP contribution >= 0.6 is 0 Å². The van der Waals surface area contributed by atoms with Crippen molar-refractivity contribution in [1.29, 1.82) is 0 Å². The SMILES string of the molecule is Oc1ccc2c3ccccc3n(-c3cc(-c4ccccc4)ccn3)c2c1. The van der Waals surface area contributed by atoms with Crippen molar-refractivity contribution in [2.45, 2.75) is 0 Å². The molecule has 124 valence electrons. The molecular formula is C23H16N2O. The van der Waals surface area contributed by atoms with Gasteiger partial charge in [-0.25, -0.2) is 4.98 Å². The van der Waals surface area contributed by atoms with Gasteiger partial charge < -0.3 is 5.11 Å². The zero-order valence-corrected chi connectivity index (χ0v) is 14.0. The number of phenols is 1. The number of fused-ring (bicyclic) bond motifs is 3. The van der Waals surface area contributed by atoms with Crippen LogP contribution < -0.4 is 0 Å². The van der Waals surface area contributed by atoms with E-state index < -0.39 is 0 Å². The number of benzene rings is 3. The third kappa shape index (κ3) is 2.25. The number of phenolic OH excluding ortho intramolecular Hbond substituents is 1. The first-order chi connectivity index (χ1) is 12.8. The van der Waals surface area contributed by atoms with Crippen LogP contribution in [0.3, 0.4) is 0 Å². The van der Waals surface area contributed by atoms with E-state index >= 15 is 0 Å². The van der Waals surface area contributed by atoms with Crippen molar-refractivity contribution in [3.05, 3.63) is 91.1 Å². The van der Waals surface area contributed by atoms with Gasteiger partial charge in [0.25, 0.3) is 0 Å². The Bertz CT molecular complexity index is 1240. The summed E-state index contributed by atoms with van der Waals surface area (Å²) in [4.78, 5) is 4.62. The Morgan fingerprint density at radius 3 is 2.31 bits per heavy atom. The van der Waals surface area contributed by atoms with E-state index in [9.17, 15) is 5.11 Å². The van der Waals surface area contributed by atoms with E-state index in [2.05, 4.69) is 39.9 Å². The van der Waals surface area contributed by atoms with Gasteiger partial charge in [0.15, 0.2) is 0 Å². The predicted octanol–water partition coefficient (Wildman–Crippen LogP) is 5.55. The second-order valence-electron chi connectivity index (χ2n) is 6.32. The lowest BCUT2D eigenvalue weighted by molar-refractivity contribution is 0.476. The molecule has 1 N–H and O–H groups in total. The molecule has 0 unspecified atom stereocenters. The highest BCUT2D eigenvalue weighted by Crippen LogP contribution is 2.34. The predicted molar refractivity (Wildman–Crippen MR) is 106 cm³/mol. The molecule has 5 aromatic rings. The van der Waals surface area contributed by atoms with Crippen molar-refractivity contribution in [3.8, 4) is 22.7 Å². The van der Waals surface area contributed by atoms with Gasteiger partial charge in [-0.1, -0.05) is 48.5 Å². The van der Waals surface area contributed by atoms with Crippen LogP contribution in [0.25, 0.3) is 38.8 Å². The Kier molecular flexibility index (Phi) is 3.25. The first-order valence-corrected chi connectivity index (χ1v) is 8.55. The van der Waals surface area contributed by atoms with E-state index in [1.807, 2.05) is 48.7 Å². The quantitative estimate of drug-likeness (QED) is 0.459. The molecule has 0 saturated heterocycles. The lowest BCUT2D eigenvalue weighted by Gasteiger charge is -2.09. The number of para-hydroxylation sites is 1. The summed E-state index contributed by atoms with van der Waals surface area (Å²) in [5.41, 5.74) is 4.29. The van der Waals surface area contributed by atoms with Crippen LogP contribution in [0.1, 0.15) is 0 Å². The molecule has 3 heteroatoms.